The summed E-state index contributed by atoms with van der Waals surface area (Å²) in [5.41, 5.74) is 0. The number of ether oxygens (including phenoxy) is 2. The third-order valence-corrected chi connectivity index (χ3v) is 12.7. The molecule has 0 aromatic rings. The van der Waals surface area contributed by atoms with E-state index in [-0.39, 0.29) is 12.8 Å². The molecular formula is C51H91O13P. The quantitative estimate of drug-likeness (QED) is 0.0146. The number of esters is 2. The van der Waals surface area contributed by atoms with Gasteiger partial charge in [-0.3, -0.25) is 18.6 Å². The summed E-state index contributed by atoms with van der Waals surface area (Å²) >= 11 is 0. The number of aliphatic hydroxyl groups excluding tert-OH is 5. The third-order valence-electron chi connectivity index (χ3n) is 11.7. The van der Waals surface area contributed by atoms with Crippen LogP contribution in [0.1, 0.15) is 206 Å². The molecule has 0 aromatic carbocycles. The molecule has 0 spiro atoms. The average Bonchev–Trinajstić information content (AvgIpc) is 3.29. The van der Waals surface area contributed by atoms with Gasteiger partial charge in [-0.2, -0.15) is 0 Å². The third kappa shape index (κ3) is 33.0. The first-order valence-electron chi connectivity index (χ1n) is 25.4. The maximum atomic E-state index is 12.8. The van der Waals surface area contributed by atoms with E-state index in [1.807, 2.05) is 0 Å². The summed E-state index contributed by atoms with van der Waals surface area (Å²) in [5.74, 6) is -1.14. The lowest BCUT2D eigenvalue weighted by atomic mass is 9.85. The summed E-state index contributed by atoms with van der Waals surface area (Å²) in [4.78, 5) is 35.8. The standard InChI is InChI=1S/C51H91O13P/c1-3-5-7-9-11-13-15-17-19-20-21-22-23-24-26-27-29-31-33-35-37-39-44(52)61-41-43(42-62-65(59,60)64-51-49(57)47(55)46(54)48(56)50(51)58)63-45(53)40-38-36-34-32-30-28-25-18-16-14-12-10-8-6-4-2/h6,8,12,14,18,25,30,32,43,46-51,54-58H,3-5,7,9-11,13,15-17,19-24,26-29,31,33-42H2,1-2H3,(H,59,60)/b8-6+,14-12+,25-18+,32-30+/t43-,46?,47-,48?,49?,50?,51?/m0/s1. The first-order valence-corrected chi connectivity index (χ1v) is 26.9. The van der Waals surface area contributed by atoms with Gasteiger partial charge in [-0.25, -0.2) is 4.57 Å². The van der Waals surface area contributed by atoms with Crippen LogP contribution in [-0.4, -0.2) is 98.3 Å². The van der Waals surface area contributed by atoms with Crippen molar-refractivity contribution in [2.45, 2.75) is 249 Å². The van der Waals surface area contributed by atoms with Gasteiger partial charge in [-0.1, -0.05) is 191 Å². The zero-order valence-corrected chi connectivity index (χ0v) is 41.2. The summed E-state index contributed by atoms with van der Waals surface area (Å²) in [7, 11) is -5.13. The van der Waals surface area contributed by atoms with Crippen molar-refractivity contribution in [3.8, 4) is 0 Å². The lowest BCUT2D eigenvalue weighted by Crippen LogP contribution is -2.64. The number of carbonyl (C=O) groups excluding carboxylic acids is 2. The Morgan fingerprint density at radius 2 is 0.877 bits per heavy atom. The fourth-order valence-corrected chi connectivity index (χ4v) is 8.61. The van der Waals surface area contributed by atoms with Crippen LogP contribution in [0.25, 0.3) is 0 Å². The van der Waals surface area contributed by atoms with E-state index < -0.39 is 75.7 Å². The molecule has 6 unspecified atom stereocenters. The van der Waals surface area contributed by atoms with Crippen molar-refractivity contribution in [3.63, 3.8) is 0 Å². The highest BCUT2D eigenvalue weighted by Gasteiger charge is 2.51. The van der Waals surface area contributed by atoms with Gasteiger partial charge in [-0.15, -0.1) is 0 Å². The Morgan fingerprint density at radius 1 is 0.492 bits per heavy atom. The molecule has 8 atom stereocenters. The van der Waals surface area contributed by atoms with Crippen molar-refractivity contribution < 1.29 is 63.1 Å². The minimum atomic E-state index is -5.13. The van der Waals surface area contributed by atoms with E-state index in [2.05, 4.69) is 62.5 Å². The minimum absolute atomic E-state index is 0.0449. The highest BCUT2D eigenvalue weighted by molar-refractivity contribution is 7.47. The number of unbranched alkanes of at least 4 members (excludes halogenated alkanes) is 22. The zero-order chi connectivity index (χ0) is 47.8. The molecule has 0 aliphatic heterocycles. The molecule has 0 bridgehead atoms. The van der Waals surface area contributed by atoms with E-state index in [1.165, 1.54) is 109 Å². The maximum absolute atomic E-state index is 12.8. The monoisotopic (exact) mass is 943 g/mol. The van der Waals surface area contributed by atoms with Gasteiger partial charge in [0.25, 0.3) is 0 Å². The number of rotatable bonds is 42. The number of phosphoric ester groups is 1. The predicted molar refractivity (Wildman–Crippen MR) is 258 cm³/mol. The van der Waals surface area contributed by atoms with Gasteiger partial charge < -0.3 is 39.9 Å². The SMILES string of the molecule is CC/C=C/C/C=C/C/C=C/C/C=C/CCCCC(=O)O[C@@H](COC(=O)CCCCCCCCCCCCCCCCCCCCCCC)COP(=O)(O)OC1C(O)C(O)C(O)[C@H](O)C1O. The topological polar surface area (TPSA) is 210 Å². The van der Waals surface area contributed by atoms with Gasteiger partial charge in [0.2, 0.25) is 0 Å². The number of carbonyl (C=O) groups is 2. The van der Waals surface area contributed by atoms with Crippen molar-refractivity contribution in [2.24, 2.45) is 0 Å². The van der Waals surface area contributed by atoms with Gasteiger partial charge in [0.05, 0.1) is 6.61 Å². The molecule has 0 amide bonds. The van der Waals surface area contributed by atoms with Crippen LogP contribution in [0, 0.1) is 0 Å². The van der Waals surface area contributed by atoms with Gasteiger partial charge in [0.1, 0.15) is 43.2 Å². The molecule has 0 heterocycles. The maximum Gasteiger partial charge on any atom is 0.472 e. The van der Waals surface area contributed by atoms with Crippen molar-refractivity contribution in [1.82, 2.24) is 0 Å². The summed E-state index contributed by atoms with van der Waals surface area (Å²) in [6, 6.07) is 0. The first kappa shape index (κ1) is 60.8. The van der Waals surface area contributed by atoms with Crippen molar-refractivity contribution in [2.75, 3.05) is 13.2 Å². The Kier molecular flexibility index (Phi) is 38.2. The molecule has 6 N–H and O–H groups in total. The first-order chi connectivity index (χ1) is 31.4. The molecule has 378 valence electrons. The van der Waals surface area contributed by atoms with E-state index in [0.717, 1.165) is 57.8 Å². The van der Waals surface area contributed by atoms with Crippen molar-refractivity contribution in [3.05, 3.63) is 48.6 Å². The van der Waals surface area contributed by atoms with E-state index in [0.29, 0.717) is 12.8 Å². The molecule has 1 fully saturated rings. The van der Waals surface area contributed by atoms with Crippen LogP contribution in [0.5, 0.6) is 0 Å². The molecule has 65 heavy (non-hydrogen) atoms. The second kappa shape index (κ2) is 40.8. The van der Waals surface area contributed by atoms with Crippen LogP contribution in [0.15, 0.2) is 48.6 Å². The van der Waals surface area contributed by atoms with Crippen LogP contribution in [0.3, 0.4) is 0 Å². The highest BCUT2D eigenvalue weighted by Crippen LogP contribution is 2.47. The van der Waals surface area contributed by atoms with Crippen molar-refractivity contribution >= 4 is 19.8 Å². The summed E-state index contributed by atoms with van der Waals surface area (Å²) in [5, 5.41) is 50.2. The second-order valence-corrected chi connectivity index (χ2v) is 19.1. The van der Waals surface area contributed by atoms with Gasteiger partial charge in [-0.05, 0) is 51.4 Å². The normalized spacial score (nSPS) is 21.8. The fourth-order valence-electron chi connectivity index (χ4n) is 7.63. The Balaban J connectivity index is 2.40. The minimum Gasteiger partial charge on any atom is -0.462 e. The second-order valence-electron chi connectivity index (χ2n) is 17.7. The smallest absolute Gasteiger partial charge is 0.462 e. The summed E-state index contributed by atoms with van der Waals surface area (Å²) in [6.07, 6.45) is 36.0. The lowest BCUT2D eigenvalue weighted by Gasteiger charge is -2.41. The number of phosphoric acid groups is 1. The van der Waals surface area contributed by atoms with Crippen molar-refractivity contribution in [1.29, 1.82) is 0 Å². The molecule has 1 rings (SSSR count). The molecule has 1 aliphatic rings. The van der Waals surface area contributed by atoms with Crippen LogP contribution in [0.4, 0.5) is 0 Å². The Hall–Kier alpha value is -2.19. The molecule has 1 aliphatic carbocycles. The van der Waals surface area contributed by atoms with E-state index >= 15 is 0 Å². The van der Waals surface area contributed by atoms with E-state index in [9.17, 15) is 44.6 Å². The molecule has 1 saturated carbocycles. The Bertz CT molecular complexity index is 1320. The van der Waals surface area contributed by atoms with Gasteiger partial charge in [0, 0.05) is 12.8 Å². The predicted octanol–water partition coefficient (Wildman–Crippen LogP) is 10.7. The number of aliphatic hydroxyl groups is 5. The number of hydrogen-bond acceptors (Lipinski definition) is 12. The zero-order valence-electron chi connectivity index (χ0n) is 40.3. The molecule has 0 radical (unpaired) electrons. The molecule has 0 aromatic heterocycles. The Morgan fingerprint density at radius 3 is 1.34 bits per heavy atom. The van der Waals surface area contributed by atoms with Gasteiger partial charge in [0.15, 0.2) is 6.10 Å². The number of hydrogen-bond donors (Lipinski definition) is 6. The molecule has 14 heteroatoms. The fraction of sp³-hybridized carbons (Fsp3) is 0.804. The van der Waals surface area contributed by atoms with Crippen LogP contribution in [-0.2, 0) is 32.7 Å². The highest BCUT2D eigenvalue weighted by atomic mass is 31.2. The molecular weight excluding hydrogens is 852 g/mol. The van der Waals surface area contributed by atoms with Gasteiger partial charge >= 0.3 is 19.8 Å². The average molecular weight is 943 g/mol. The molecule has 0 saturated heterocycles. The van der Waals surface area contributed by atoms with E-state index in [1.54, 1.807) is 0 Å². The lowest BCUT2D eigenvalue weighted by molar-refractivity contribution is -0.220. The van der Waals surface area contributed by atoms with Crippen LogP contribution >= 0.6 is 7.82 Å². The van der Waals surface area contributed by atoms with Crippen LogP contribution < -0.4 is 0 Å². The largest absolute Gasteiger partial charge is 0.472 e. The molecule has 13 nitrogen and oxygen atoms in total. The van der Waals surface area contributed by atoms with Crippen LogP contribution in [0.2, 0.25) is 0 Å². The summed E-state index contributed by atoms with van der Waals surface area (Å²) < 4.78 is 33.6. The summed E-state index contributed by atoms with van der Waals surface area (Å²) in [6.45, 7) is 3.17. The van der Waals surface area contributed by atoms with E-state index in [4.69, 9.17) is 18.5 Å². The Labute approximate surface area is 392 Å². The number of allylic oxidation sites excluding steroid dienone is 8.